The van der Waals surface area contributed by atoms with Crippen LogP contribution in [-0.4, -0.2) is 11.0 Å². The molecule has 0 aliphatic carbocycles. The molecule has 0 saturated carbocycles. The first-order valence-electron chi connectivity index (χ1n) is 6.17. The van der Waals surface area contributed by atoms with Crippen LogP contribution in [0.4, 0.5) is 8.78 Å². The van der Waals surface area contributed by atoms with Gasteiger partial charge in [-0.1, -0.05) is 17.3 Å². The molecule has 2 aromatic carbocycles. The first-order chi connectivity index (χ1) is 10.0. The minimum absolute atomic E-state index is 0.00516. The number of ether oxygens (including phenoxy) is 1. The molecule has 21 heavy (non-hydrogen) atoms. The number of hydrogen-bond donors (Lipinski definition) is 2. The third-order valence-corrected chi connectivity index (χ3v) is 2.98. The highest BCUT2D eigenvalue weighted by molar-refractivity contribution is 5.97. The normalized spacial score (nSPS) is 11.5. The second-order valence-corrected chi connectivity index (χ2v) is 4.46. The van der Waals surface area contributed by atoms with Crippen LogP contribution in [0.5, 0.6) is 5.75 Å². The Bertz CT molecular complexity index is 687. The number of benzene rings is 2. The van der Waals surface area contributed by atoms with E-state index in [1.165, 1.54) is 30.3 Å². The van der Waals surface area contributed by atoms with Gasteiger partial charge in [-0.25, -0.2) is 8.78 Å². The molecule has 0 aliphatic rings. The van der Waals surface area contributed by atoms with E-state index in [1.54, 1.807) is 13.0 Å². The van der Waals surface area contributed by atoms with Gasteiger partial charge in [0.15, 0.2) is 5.84 Å². The fourth-order valence-corrected chi connectivity index (χ4v) is 1.87. The van der Waals surface area contributed by atoms with Crippen molar-refractivity contribution in [3.05, 3.63) is 64.7 Å². The van der Waals surface area contributed by atoms with Gasteiger partial charge in [0.25, 0.3) is 0 Å². The minimum Gasteiger partial charge on any atom is -0.489 e. The maximum Gasteiger partial charge on any atom is 0.173 e. The largest absolute Gasteiger partial charge is 0.489 e. The van der Waals surface area contributed by atoms with Crippen molar-refractivity contribution in [3.8, 4) is 5.75 Å². The Labute approximate surface area is 120 Å². The molecule has 0 aromatic heterocycles. The maximum absolute atomic E-state index is 14.2. The lowest BCUT2D eigenvalue weighted by molar-refractivity contribution is 0.297. The van der Waals surface area contributed by atoms with E-state index in [4.69, 9.17) is 15.7 Å². The fraction of sp³-hybridized carbons (Fsp3) is 0.133. The van der Waals surface area contributed by atoms with E-state index in [2.05, 4.69) is 5.16 Å². The highest BCUT2D eigenvalue weighted by Gasteiger charge is 2.12. The van der Waals surface area contributed by atoms with E-state index in [-0.39, 0.29) is 29.4 Å². The third-order valence-electron chi connectivity index (χ3n) is 2.98. The van der Waals surface area contributed by atoms with Gasteiger partial charge in [0, 0.05) is 5.56 Å². The number of rotatable bonds is 4. The van der Waals surface area contributed by atoms with Crippen LogP contribution in [0.15, 0.2) is 41.6 Å². The summed E-state index contributed by atoms with van der Waals surface area (Å²) < 4.78 is 32.6. The molecule has 0 amide bonds. The molecule has 0 fully saturated rings. The molecule has 0 aliphatic heterocycles. The van der Waals surface area contributed by atoms with Crippen LogP contribution in [0.3, 0.4) is 0 Å². The Hall–Kier alpha value is -2.63. The lowest BCUT2D eigenvalue weighted by Gasteiger charge is -2.11. The zero-order valence-corrected chi connectivity index (χ0v) is 11.3. The Kier molecular flexibility index (Phi) is 4.37. The molecule has 6 heteroatoms. The van der Waals surface area contributed by atoms with Crippen molar-refractivity contribution in [1.82, 2.24) is 0 Å². The minimum atomic E-state index is -0.618. The number of hydrogen-bond acceptors (Lipinski definition) is 3. The van der Waals surface area contributed by atoms with Crippen LogP contribution >= 0.6 is 0 Å². The van der Waals surface area contributed by atoms with E-state index in [0.717, 1.165) is 0 Å². The average molecular weight is 292 g/mol. The number of amidine groups is 1. The Morgan fingerprint density at radius 1 is 1.29 bits per heavy atom. The van der Waals surface area contributed by atoms with Gasteiger partial charge in [-0.2, -0.15) is 0 Å². The van der Waals surface area contributed by atoms with Crippen LogP contribution in [-0.2, 0) is 6.61 Å². The number of nitrogens with two attached hydrogens (primary N) is 1. The molecule has 0 atom stereocenters. The van der Waals surface area contributed by atoms with E-state index in [0.29, 0.717) is 11.3 Å². The summed E-state index contributed by atoms with van der Waals surface area (Å²) in [5, 5.41) is 11.4. The highest BCUT2D eigenvalue weighted by atomic mass is 19.1. The lowest BCUT2D eigenvalue weighted by atomic mass is 10.1. The predicted molar refractivity (Wildman–Crippen MR) is 74.4 cm³/mol. The van der Waals surface area contributed by atoms with Crippen molar-refractivity contribution in [1.29, 1.82) is 0 Å². The van der Waals surface area contributed by atoms with Gasteiger partial charge in [0.2, 0.25) is 0 Å². The lowest BCUT2D eigenvalue weighted by Crippen LogP contribution is -2.16. The fourth-order valence-electron chi connectivity index (χ4n) is 1.87. The first kappa shape index (κ1) is 14.8. The van der Waals surface area contributed by atoms with E-state index >= 15 is 0 Å². The molecule has 0 spiro atoms. The van der Waals surface area contributed by atoms with Crippen molar-refractivity contribution in [3.63, 3.8) is 0 Å². The number of halogens is 2. The van der Waals surface area contributed by atoms with Crippen LogP contribution in [0.25, 0.3) is 0 Å². The highest BCUT2D eigenvalue weighted by Crippen LogP contribution is 2.21. The Morgan fingerprint density at radius 3 is 2.71 bits per heavy atom. The van der Waals surface area contributed by atoms with Crippen molar-refractivity contribution < 1.29 is 18.7 Å². The molecule has 0 saturated heterocycles. The topological polar surface area (TPSA) is 67.8 Å². The molecular weight excluding hydrogens is 278 g/mol. The SMILES string of the molecule is Cc1cc(F)ccc1OCc1cccc(/C(N)=N/O)c1F. The van der Waals surface area contributed by atoms with Gasteiger partial charge in [-0.3, -0.25) is 0 Å². The van der Waals surface area contributed by atoms with Crippen LogP contribution in [0, 0.1) is 18.6 Å². The summed E-state index contributed by atoms with van der Waals surface area (Å²) in [6.45, 7) is 1.65. The van der Waals surface area contributed by atoms with E-state index in [1.807, 2.05) is 0 Å². The molecule has 0 bridgehead atoms. The zero-order valence-electron chi connectivity index (χ0n) is 11.3. The third kappa shape index (κ3) is 3.28. The average Bonchev–Trinajstić information content (AvgIpc) is 2.47. The summed E-state index contributed by atoms with van der Waals surface area (Å²) in [6, 6.07) is 8.59. The summed E-state index contributed by atoms with van der Waals surface area (Å²) in [7, 11) is 0. The molecular formula is C15H14F2N2O2. The van der Waals surface area contributed by atoms with Gasteiger partial charge in [-0.15, -0.1) is 0 Å². The van der Waals surface area contributed by atoms with Crippen molar-refractivity contribution in [2.24, 2.45) is 10.9 Å². The van der Waals surface area contributed by atoms with Crippen molar-refractivity contribution >= 4 is 5.84 Å². The number of oxime groups is 1. The summed E-state index contributed by atoms with van der Waals surface area (Å²) >= 11 is 0. The molecule has 0 radical (unpaired) electrons. The maximum atomic E-state index is 14.2. The first-order valence-corrected chi connectivity index (χ1v) is 6.17. The monoisotopic (exact) mass is 292 g/mol. The van der Waals surface area contributed by atoms with Gasteiger partial charge in [-0.05, 0) is 36.8 Å². The quantitative estimate of drug-likeness (QED) is 0.394. The van der Waals surface area contributed by atoms with Crippen molar-refractivity contribution in [2.75, 3.05) is 0 Å². The molecule has 4 nitrogen and oxygen atoms in total. The summed E-state index contributed by atoms with van der Waals surface area (Å²) in [6.07, 6.45) is 0. The molecule has 2 aromatic rings. The van der Waals surface area contributed by atoms with Gasteiger partial charge >= 0.3 is 0 Å². The second-order valence-electron chi connectivity index (χ2n) is 4.46. The molecule has 0 unspecified atom stereocenters. The smallest absolute Gasteiger partial charge is 0.173 e. The van der Waals surface area contributed by atoms with Crippen LogP contribution in [0.2, 0.25) is 0 Å². The Morgan fingerprint density at radius 2 is 2.05 bits per heavy atom. The zero-order chi connectivity index (χ0) is 15.4. The molecule has 0 heterocycles. The molecule has 110 valence electrons. The van der Waals surface area contributed by atoms with Crippen LogP contribution < -0.4 is 10.5 Å². The van der Waals surface area contributed by atoms with Gasteiger partial charge < -0.3 is 15.7 Å². The van der Waals surface area contributed by atoms with Crippen molar-refractivity contribution in [2.45, 2.75) is 13.5 Å². The van der Waals surface area contributed by atoms with Gasteiger partial charge in [0.05, 0.1) is 5.56 Å². The number of nitrogens with zero attached hydrogens (tertiary/aromatic N) is 1. The van der Waals surface area contributed by atoms with Crippen LogP contribution in [0.1, 0.15) is 16.7 Å². The number of aryl methyl sites for hydroxylation is 1. The van der Waals surface area contributed by atoms with E-state index in [9.17, 15) is 8.78 Å². The predicted octanol–water partition coefficient (Wildman–Crippen LogP) is 2.95. The molecule has 2 rings (SSSR count). The summed E-state index contributed by atoms with van der Waals surface area (Å²) in [5.41, 5.74) is 6.25. The molecule has 3 N–H and O–H groups in total. The van der Waals surface area contributed by atoms with Gasteiger partial charge in [0.1, 0.15) is 24.0 Å². The summed E-state index contributed by atoms with van der Waals surface area (Å²) in [4.78, 5) is 0. The summed E-state index contributed by atoms with van der Waals surface area (Å²) in [5.74, 6) is -0.829. The van der Waals surface area contributed by atoms with E-state index < -0.39 is 5.82 Å². The standard InChI is InChI=1S/C15H14F2N2O2/c1-9-7-11(16)5-6-13(9)21-8-10-3-2-4-12(14(10)17)15(18)19-20/h2-7,20H,8H2,1H3,(H2,18,19). The second kappa shape index (κ2) is 6.21. The Balaban J connectivity index is 2.21.